The minimum atomic E-state index is -3.25. The molecule has 7 nitrogen and oxygen atoms in total. The van der Waals surface area contributed by atoms with Crippen molar-refractivity contribution in [2.24, 2.45) is 0 Å². The lowest BCUT2D eigenvalue weighted by Gasteiger charge is -2.17. The summed E-state index contributed by atoms with van der Waals surface area (Å²) >= 11 is 0. The molecule has 1 fully saturated rings. The average molecular weight is 401 g/mol. The molecule has 28 heavy (non-hydrogen) atoms. The Balaban J connectivity index is 1.53. The van der Waals surface area contributed by atoms with Crippen LogP contribution in [0.4, 0.5) is 0 Å². The third-order valence-electron chi connectivity index (χ3n) is 4.72. The van der Waals surface area contributed by atoms with Crippen LogP contribution in [0.15, 0.2) is 47.5 Å². The smallest absolute Gasteiger partial charge is 0.255 e. The molecule has 1 saturated heterocycles. The van der Waals surface area contributed by atoms with Gasteiger partial charge in [0.25, 0.3) is 5.91 Å². The Kier molecular flexibility index (Phi) is 5.79. The zero-order valence-electron chi connectivity index (χ0n) is 15.9. The van der Waals surface area contributed by atoms with Crippen LogP contribution in [0.2, 0.25) is 0 Å². The van der Waals surface area contributed by atoms with E-state index in [1.165, 1.54) is 12.1 Å². The lowest BCUT2D eigenvalue weighted by atomic mass is 10.1. The molecule has 0 spiro atoms. The van der Waals surface area contributed by atoms with Crippen molar-refractivity contribution in [3.63, 3.8) is 0 Å². The molecule has 0 saturated carbocycles. The molecule has 3 rings (SSSR count). The van der Waals surface area contributed by atoms with Crippen LogP contribution in [0.25, 0.3) is 0 Å². The number of aromatic nitrogens is 1. The topological polar surface area (TPSA) is 96.4 Å². The number of carbonyl (C=O) groups is 2. The molecule has 1 aliphatic heterocycles. The molecule has 2 aromatic rings. The van der Waals surface area contributed by atoms with Crippen LogP contribution in [0.1, 0.15) is 28.0 Å². The van der Waals surface area contributed by atoms with Crippen molar-refractivity contribution in [2.75, 3.05) is 19.3 Å². The number of sulfone groups is 1. The van der Waals surface area contributed by atoms with Crippen LogP contribution in [-0.2, 0) is 21.1 Å². The predicted molar refractivity (Wildman–Crippen MR) is 105 cm³/mol. The molecular formula is C20H23N3O4S. The van der Waals surface area contributed by atoms with Gasteiger partial charge in [0, 0.05) is 37.3 Å². The lowest BCUT2D eigenvalue weighted by Crippen LogP contribution is -2.39. The Morgan fingerprint density at radius 2 is 1.89 bits per heavy atom. The summed E-state index contributed by atoms with van der Waals surface area (Å²) in [5, 5.41) is 2.95. The number of nitrogens with zero attached hydrogens (tertiary/aromatic N) is 2. The number of hydrogen-bond donors (Lipinski definition) is 1. The highest BCUT2D eigenvalue weighted by Gasteiger charge is 2.28. The van der Waals surface area contributed by atoms with E-state index in [1.807, 2.05) is 6.92 Å². The van der Waals surface area contributed by atoms with E-state index in [4.69, 9.17) is 0 Å². The second kappa shape index (κ2) is 8.10. The van der Waals surface area contributed by atoms with Gasteiger partial charge in [-0.2, -0.15) is 0 Å². The molecule has 2 amide bonds. The summed E-state index contributed by atoms with van der Waals surface area (Å²) < 4.78 is 23.0. The molecule has 1 N–H and O–H groups in total. The molecule has 2 heterocycles. The standard InChI is InChI=1S/C20H23N3O4S/c1-14-3-6-16(12-21-14)20(25)23-10-9-17(13-23)22-19(24)11-15-4-7-18(8-5-15)28(2,26)27/h3-8,12,17H,9-11,13H2,1-2H3,(H,22,24)/t17-/m1/s1. The molecule has 1 atom stereocenters. The highest BCUT2D eigenvalue weighted by Crippen LogP contribution is 2.15. The van der Waals surface area contributed by atoms with Crippen molar-refractivity contribution >= 4 is 21.7 Å². The number of benzene rings is 1. The largest absolute Gasteiger partial charge is 0.351 e. The summed E-state index contributed by atoms with van der Waals surface area (Å²) in [6, 6.07) is 9.77. The van der Waals surface area contributed by atoms with Crippen LogP contribution < -0.4 is 5.32 Å². The molecule has 148 valence electrons. The maximum atomic E-state index is 12.5. The quantitative estimate of drug-likeness (QED) is 0.816. The summed E-state index contributed by atoms with van der Waals surface area (Å²) in [7, 11) is -3.25. The van der Waals surface area contributed by atoms with Gasteiger partial charge in [0.05, 0.1) is 16.9 Å². The van der Waals surface area contributed by atoms with Crippen molar-refractivity contribution in [3.8, 4) is 0 Å². The van der Waals surface area contributed by atoms with E-state index < -0.39 is 9.84 Å². The van der Waals surface area contributed by atoms with Gasteiger partial charge in [0.1, 0.15) is 0 Å². The van der Waals surface area contributed by atoms with Gasteiger partial charge in [-0.05, 0) is 43.2 Å². The number of rotatable bonds is 5. The number of likely N-dealkylation sites (tertiary alicyclic amines) is 1. The summed E-state index contributed by atoms with van der Waals surface area (Å²) in [5.74, 6) is -0.232. The summed E-state index contributed by atoms with van der Waals surface area (Å²) in [6.45, 7) is 2.91. The first kappa shape index (κ1) is 20.0. The molecule has 0 radical (unpaired) electrons. The number of pyridine rings is 1. The van der Waals surface area contributed by atoms with Gasteiger partial charge in [-0.15, -0.1) is 0 Å². The van der Waals surface area contributed by atoms with E-state index in [1.54, 1.807) is 35.4 Å². The van der Waals surface area contributed by atoms with Gasteiger partial charge < -0.3 is 10.2 Å². The Morgan fingerprint density at radius 1 is 1.18 bits per heavy atom. The normalized spacial score (nSPS) is 16.8. The number of hydrogen-bond acceptors (Lipinski definition) is 5. The fourth-order valence-corrected chi connectivity index (χ4v) is 3.79. The molecule has 0 unspecified atom stereocenters. The van der Waals surface area contributed by atoms with Crippen LogP contribution in [0, 0.1) is 6.92 Å². The van der Waals surface area contributed by atoms with Crippen molar-refractivity contribution in [2.45, 2.75) is 30.7 Å². The summed E-state index contributed by atoms with van der Waals surface area (Å²) in [4.78, 5) is 30.9. The lowest BCUT2D eigenvalue weighted by molar-refractivity contribution is -0.121. The van der Waals surface area contributed by atoms with Gasteiger partial charge in [-0.25, -0.2) is 8.42 Å². The molecule has 1 aromatic heterocycles. The van der Waals surface area contributed by atoms with E-state index in [2.05, 4.69) is 10.3 Å². The molecule has 0 aliphatic carbocycles. The number of nitrogens with one attached hydrogen (secondary N) is 1. The molecule has 0 bridgehead atoms. The minimum absolute atomic E-state index is 0.0828. The number of carbonyl (C=O) groups excluding carboxylic acids is 2. The van der Waals surface area contributed by atoms with E-state index in [0.29, 0.717) is 25.1 Å². The highest BCUT2D eigenvalue weighted by atomic mass is 32.2. The van der Waals surface area contributed by atoms with Crippen molar-refractivity contribution < 1.29 is 18.0 Å². The molecule has 8 heteroatoms. The van der Waals surface area contributed by atoms with Gasteiger partial charge in [0.15, 0.2) is 9.84 Å². The second-order valence-corrected chi connectivity index (χ2v) is 9.10. The first-order valence-electron chi connectivity index (χ1n) is 9.02. The van der Waals surface area contributed by atoms with Crippen molar-refractivity contribution in [1.29, 1.82) is 0 Å². The van der Waals surface area contributed by atoms with E-state index in [0.717, 1.165) is 17.5 Å². The van der Waals surface area contributed by atoms with Gasteiger partial charge in [-0.3, -0.25) is 14.6 Å². The van der Waals surface area contributed by atoms with E-state index >= 15 is 0 Å². The van der Waals surface area contributed by atoms with Gasteiger partial charge in [0.2, 0.25) is 5.91 Å². The zero-order chi connectivity index (χ0) is 20.3. The fourth-order valence-electron chi connectivity index (χ4n) is 3.16. The first-order valence-corrected chi connectivity index (χ1v) is 10.9. The fraction of sp³-hybridized carbons (Fsp3) is 0.350. The minimum Gasteiger partial charge on any atom is -0.351 e. The maximum Gasteiger partial charge on any atom is 0.255 e. The summed E-state index contributed by atoms with van der Waals surface area (Å²) in [5.41, 5.74) is 2.14. The van der Waals surface area contributed by atoms with Crippen LogP contribution in [0.3, 0.4) is 0 Å². The monoisotopic (exact) mass is 401 g/mol. The SMILES string of the molecule is Cc1ccc(C(=O)N2CC[C@@H](NC(=O)Cc3ccc(S(C)(=O)=O)cc3)C2)cn1. The number of amides is 2. The Bertz CT molecular complexity index is 970. The van der Waals surface area contributed by atoms with Crippen molar-refractivity contribution in [3.05, 3.63) is 59.4 Å². The Hall–Kier alpha value is -2.74. The van der Waals surface area contributed by atoms with Crippen LogP contribution >= 0.6 is 0 Å². The first-order chi connectivity index (χ1) is 13.2. The molecular weight excluding hydrogens is 378 g/mol. The zero-order valence-corrected chi connectivity index (χ0v) is 16.7. The van der Waals surface area contributed by atoms with Crippen LogP contribution in [-0.4, -0.2) is 55.5 Å². The predicted octanol–water partition coefficient (Wildman–Crippen LogP) is 1.37. The highest BCUT2D eigenvalue weighted by molar-refractivity contribution is 7.90. The Labute approximate surface area is 164 Å². The third-order valence-corrected chi connectivity index (χ3v) is 5.84. The molecule has 1 aliphatic rings. The second-order valence-electron chi connectivity index (χ2n) is 7.09. The van der Waals surface area contributed by atoms with Gasteiger partial charge >= 0.3 is 0 Å². The number of aryl methyl sites for hydroxylation is 1. The Morgan fingerprint density at radius 3 is 2.50 bits per heavy atom. The van der Waals surface area contributed by atoms with Crippen LogP contribution in [0.5, 0.6) is 0 Å². The molecule has 1 aromatic carbocycles. The third kappa shape index (κ3) is 4.95. The van der Waals surface area contributed by atoms with E-state index in [-0.39, 0.29) is 29.2 Å². The van der Waals surface area contributed by atoms with E-state index in [9.17, 15) is 18.0 Å². The van der Waals surface area contributed by atoms with Gasteiger partial charge in [-0.1, -0.05) is 12.1 Å². The maximum absolute atomic E-state index is 12.5. The average Bonchev–Trinajstić information content (AvgIpc) is 3.09. The van der Waals surface area contributed by atoms with Crippen molar-refractivity contribution in [1.82, 2.24) is 15.2 Å². The summed E-state index contributed by atoms with van der Waals surface area (Å²) in [6.07, 6.45) is 3.58.